The molecule has 0 unspecified atom stereocenters. The van der Waals surface area contributed by atoms with Crippen LogP contribution in [0.15, 0.2) is 65.8 Å². The molecular weight excluding hydrogens is 305 g/mol. The molecule has 0 aliphatic carbocycles. The van der Waals surface area contributed by atoms with Gasteiger partial charge < -0.3 is 5.43 Å². The topological polar surface area (TPSA) is 41.5 Å². The lowest BCUT2D eigenvalue weighted by Gasteiger charge is -2.21. The third kappa shape index (κ3) is 2.97. The second-order valence-corrected chi connectivity index (χ2v) is 5.23. The zero-order chi connectivity index (χ0) is 16.4. The molecule has 1 heterocycles. The highest BCUT2D eigenvalue weighted by molar-refractivity contribution is 6.44. The third-order valence-electron chi connectivity index (χ3n) is 3.76. The van der Waals surface area contributed by atoms with Crippen LogP contribution in [-0.2, 0) is 4.79 Å². The fraction of sp³-hybridized carbons (Fsp3) is 0.176. The minimum absolute atomic E-state index is 0.502. The summed E-state index contributed by atoms with van der Waals surface area (Å²) in [6.45, 7) is 0. The first-order chi connectivity index (χ1) is 11.0. The maximum absolute atomic E-state index is 12.9. The molecule has 3 rings (SSSR count). The normalized spacial score (nSPS) is 20.7. The number of rotatable bonds is 3. The summed E-state index contributed by atoms with van der Waals surface area (Å²) in [5, 5.41) is 3.71. The molecule has 2 atom stereocenters. The standard InChI is InChI=1S/C17H13F3N2O/c18-17(19,20)16(23)15-13(11-7-3-1-4-8-11)14(21-22-15)12-9-5-2-6-10-12/h1-10,13-14,21H/t13-,14+/m0/s1. The van der Waals surface area contributed by atoms with Gasteiger partial charge in [0, 0.05) is 0 Å². The highest BCUT2D eigenvalue weighted by atomic mass is 19.4. The van der Waals surface area contributed by atoms with E-state index in [-0.39, 0.29) is 0 Å². The van der Waals surface area contributed by atoms with Gasteiger partial charge in [-0.05, 0) is 11.1 Å². The van der Waals surface area contributed by atoms with Gasteiger partial charge in [-0.2, -0.15) is 18.3 Å². The molecule has 1 aliphatic heterocycles. The second-order valence-electron chi connectivity index (χ2n) is 5.23. The molecule has 0 saturated carbocycles. The molecule has 1 N–H and O–H groups in total. The lowest BCUT2D eigenvalue weighted by Crippen LogP contribution is -2.34. The van der Waals surface area contributed by atoms with Crippen molar-refractivity contribution in [2.24, 2.45) is 5.10 Å². The smallest absolute Gasteiger partial charge is 0.301 e. The number of alkyl halides is 3. The van der Waals surface area contributed by atoms with Crippen LogP contribution in [0.3, 0.4) is 0 Å². The lowest BCUT2D eigenvalue weighted by atomic mass is 9.83. The zero-order valence-corrected chi connectivity index (χ0v) is 11.9. The molecule has 3 nitrogen and oxygen atoms in total. The number of Topliss-reactive ketones (excluding diaryl/α,β-unsaturated/α-hetero) is 1. The fourth-order valence-corrected chi connectivity index (χ4v) is 2.72. The molecule has 23 heavy (non-hydrogen) atoms. The highest BCUT2D eigenvalue weighted by Crippen LogP contribution is 2.38. The van der Waals surface area contributed by atoms with E-state index < -0.39 is 29.6 Å². The van der Waals surface area contributed by atoms with E-state index >= 15 is 0 Å². The van der Waals surface area contributed by atoms with Crippen molar-refractivity contribution in [1.29, 1.82) is 0 Å². The van der Waals surface area contributed by atoms with Gasteiger partial charge in [-0.25, -0.2) is 0 Å². The first kappa shape index (κ1) is 15.3. The van der Waals surface area contributed by atoms with Crippen LogP contribution in [0.2, 0.25) is 0 Å². The SMILES string of the molecule is O=C(C1=NN[C@H](c2ccccc2)[C@@H]1c1ccccc1)C(F)(F)F. The van der Waals surface area contributed by atoms with Crippen molar-refractivity contribution in [2.45, 2.75) is 18.1 Å². The Hall–Kier alpha value is -2.63. The Bertz CT molecular complexity index is 727. The summed E-state index contributed by atoms with van der Waals surface area (Å²) in [4.78, 5) is 11.7. The van der Waals surface area contributed by atoms with Crippen molar-refractivity contribution >= 4 is 11.5 Å². The predicted molar refractivity (Wildman–Crippen MR) is 80.0 cm³/mol. The fourth-order valence-electron chi connectivity index (χ4n) is 2.72. The van der Waals surface area contributed by atoms with Gasteiger partial charge in [-0.15, -0.1) is 0 Å². The van der Waals surface area contributed by atoms with Gasteiger partial charge >= 0.3 is 6.18 Å². The third-order valence-corrected chi connectivity index (χ3v) is 3.76. The van der Waals surface area contributed by atoms with Crippen molar-refractivity contribution in [3.63, 3.8) is 0 Å². The van der Waals surface area contributed by atoms with Crippen molar-refractivity contribution in [3.8, 4) is 0 Å². The lowest BCUT2D eigenvalue weighted by molar-refractivity contribution is -0.163. The van der Waals surface area contributed by atoms with Gasteiger partial charge in [0.2, 0.25) is 0 Å². The minimum Gasteiger partial charge on any atom is -0.301 e. The molecule has 0 radical (unpaired) electrons. The average Bonchev–Trinajstić information content (AvgIpc) is 2.99. The molecule has 6 heteroatoms. The molecular formula is C17H13F3N2O. The molecule has 0 spiro atoms. The van der Waals surface area contributed by atoms with Crippen LogP contribution in [-0.4, -0.2) is 17.7 Å². The van der Waals surface area contributed by atoms with Crippen molar-refractivity contribution < 1.29 is 18.0 Å². The van der Waals surface area contributed by atoms with Crippen molar-refractivity contribution in [2.75, 3.05) is 0 Å². The van der Waals surface area contributed by atoms with Crippen LogP contribution in [0.1, 0.15) is 23.1 Å². The number of hydrogen-bond acceptors (Lipinski definition) is 3. The number of hydrazone groups is 1. The Kier molecular flexibility index (Phi) is 3.90. The molecule has 1 aliphatic rings. The Morgan fingerprint density at radius 2 is 1.43 bits per heavy atom. The molecule has 2 aromatic carbocycles. The zero-order valence-electron chi connectivity index (χ0n) is 11.9. The first-order valence-electron chi connectivity index (χ1n) is 7.03. The summed E-state index contributed by atoms with van der Waals surface area (Å²) in [6.07, 6.45) is -4.95. The number of nitrogens with zero attached hydrogens (tertiary/aromatic N) is 1. The second kappa shape index (κ2) is 5.87. The predicted octanol–water partition coefficient (Wildman–Crippen LogP) is 3.60. The number of hydrogen-bond donors (Lipinski definition) is 1. The number of carbonyl (C=O) groups is 1. The van der Waals surface area contributed by atoms with Gasteiger partial charge in [0.25, 0.3) is 5.78 Å². The van der Waals surface area contributed by atoms with Crippen LogP contribution in [0.4, 0.5) is 13.2 Å². The molecule has 118 valence electrons. The molecule has 0 amide bonds. The quantitative estimate of drug-likeness (QED) is 0.939. The maximum Gasteiger partial charge on any atom is 0.456 e. The van der Waals surface area contributed by atoms with Crippen molar-refractivity contribution in [3.05, 3.63) is 71.8 Å². The van der Waals surface area contributed by atoms with E-state index in [1.165, 1.54) is 0 Å². The molecule has 0 fully saturated rings. The number of nitrogens with one attached hydrogen (secondary N) is 1. The van der Waals surface area contributed by atoms with Gasteiger partial charge in [-0.1, -0.05) is 60.7 Å². The number of halogens is 3. The summed E-state index contributed by atoms with van der Waals surface area (Å²) in [6, 6.07) is 17.1. The summed E-state index contributed by atoms with van der Waals surface area (Å²) < 4.78 is 38.6. The van der Waals surface area contributed by atoms with Gasteiger partial charge in [-0.3, -0.25) is 4.79 Å². The van der Waals surface area contributed by atoms with E-state index in [1.807, 2.05) is 6.07 Å². The van der Waals surface area contributed by atoms with E-state index in [2.05, 4.69) is 10.5 Å². The number of benzene rings is 2. The van der Waals surface area contributed by atoms with E-state index in [4.69, 9.17) is 0 Å². The van der Waals surface area contributed by atoms with Crippen LogP contribution in [0.5, 0.6) is 0 Å². The Balaban J connectivity index is 2.03. The summed E-state index contributed by atoms with van der Waals surface area (Å²) in [5.74, 6) is -2.69. The highest BCUT2D eigenvalue weighted by Gasteiger charge is 2.48. The molecule has 2 aromatic rings. The average molecular weight is 318 g/mol. The minimum atomic E-state index is -4.95. The van der Waals surface area contributed by atoms with Crippen LogP contribution >= 0.6 is 0 Å². The van der Waals surface area contributed by atoms with Gasteiger partial charge in [0.15, 0.2) is 0 Å². The van der Waals surface area contributed by atoms with E-state index in [0.717, 1.165) is 5.56 Å². The van der Waals surface area contributed by atoms with Crippen LogP contribution < -0.4 is 5.43 Å². The van der Waals surface area contributed by atoms with Crippen LogP contribution in [0.25, 0.3) is 0 Å². The summed E-state index contributed by atoms with van der Waals surface area (Å²) in [5.41, 5.74) is 3.58. The van der Waals surface area contributed by atoms with E-state index in [1.54, 1.807) is 54.6 Å². The molecule has 0 bridgehead atoms. The number of carbonyl (C=O) groups excluding carboxylic acids is 1. The first-order valence-corrected chi connectivity index (χ1v) is 7.03. The maximum atomic E-state index is 12.9. The Morgan fingerprint density at radius 3 is 1.96 bits per heavy atom. The van der Waals surface area contributed by atoms with E-state index in [9.17, 15) is 18.0 Å². The largest absolute Gasteiger partial charge is 0.456 e. The van der Waals surface area contributed by atoms with Gasteiger partial charge in [0.05, 0.1) is 12.0 Å². The van der Waals surface area contributed by atoms with Gasteiger partial charge in [0.1, 0.15) is 5.71 Å². The molecule has 0 aromatic heterocycles. The summed E-state index contributed by atoms with van der Waals surface area (Å²) in [7, 11) is 0. The Labute approximate surface area is 130 Å². The molecule has 0 saturated heterocycles. The number of ketones is 1. The monoisotopic (exact) mass is 318 g/mol. The Morgan fingerprint density at radius 1 is 0.913 bits per heavy atom. The summed E-state index contributed by atoms with van der Waals surface area (Å²) >= 11 is 0. The van der Waals surface area contributed by atoms with Crippen molar-refractivity contribution in [1.82, 2.24) is 5.43 Å². The van der Waals surface area contributed by atoms with Crippen LogP contribution in [0, 0.1) is 0 Å². The van der Waals surface area contributed by atoms with E-state index in [0.29, 0.717) is 5.56 Å².